The second kappa shape index (κ2) is 9.38. The van der Waals surface area contributed by atoms with Crippen LogP contribution >= 0.6 is 0 Å². The van der Waals surface area contributed by atoms with Gasteiger partial charge in [0.05, 0.1) is 5.60 Å². The molecule has 5 nitrogen and oxygen atoms in total. The number of nitrogens with zero attached hydrogens (tertiary/aromatic N) is 2. The number of rotatable bonds is 7. The summed E-state index contributed by atoms with van der Waals surface area (Å²) in [7, 11) is 0. The molecule has 0 spiro atoms. The second-order valence-electron chi connectivity index (χ2n) is 6.83. The molecule has 124 valence electrons. The lowest BCUT2D eigenvalue weighted by molar-refractivity contribution is -0.140. The zero-order valence-electron chi connectivity index (χ0n) is 14.1. The van der Waals surface area contributed by atoms with Gasteiger partial charge >= 0.3 is 0 Å². The fraction of sp³-hybridized carbons (Fsp3) is 0.938. The molecule has 5 heteroatoms. The minimum atomic E-state index is -0.253. The van der Waals surface area contributed by atoms with E-state index < -0.39 is 0 Å². The first-order valence-corrected chi connectivity index (χ1v) is 8.26. The third kappa shape index (κ3) is 8.39. The summed E-state index contributed by atoms with van der Waals surface area (Å²) in [6, 6.07) is 0. The van der Waals surface area contributed by atoms with Crippen LogP contribution in [0.1, 0.15) is 46.5 Å². The summed E-state index contributed by atoms with van der Waals surface area (Å²) in [5.41, 5.74) is 5.26. The lowest BCUT2D eigenvalue weighted by Crippen LogP contribution is -2.39. The van der Waals surface area contributed by atoms with Crippen molar-refractivity contribution in [3.63, 3.8) is 0 Å². The Labute approximate surface area is 129 Å². The molecule has 0 saturated carbocycles. The first-order chi connectivity index (χ1) is 9.92. The number of carbonyl (C=O) groups is 1. The summed E-state index contributed by atoms with van der Waals surface area (Å²) in [5, 5.41) is 0. The Hall–Kier alpha value is -0.650. The topological polar surface area (TPSA) is 58.8 Å². The monoisotopic (exact) mass is 299 g/mol. The van der Waals surface area contributed by atoms with E-state index in [0.717, 1.165) is 52.1 Å². The Balaban J connectivity index is 2.26. The van der Waals surface area contributed by atoms with Gasteiger partial charge in [-0.3, -0.25) is 4.79 Å². The molecule has 2 N–H and O–H groups in total. The Morgan fingerprint density at radius 3 is 2.52 bits per heavy atom. The number of carbonyl (C=O) groups excluding carboxylic acids is 1. The van der Waals surface area contributed by atoms with Gasteiger partial charge in [-0.1, -0.05) is 6.42 Å². The van der Waals surface area contributed by atoms with Gasteiger partial charge in [-0.15, -0.1) is 0 Å². The molecule has 0 atom stereocenters. The average molecular weight is 299 g/mol. The summed E-state index contributed by atoms with van der Waals surface area (Å²) in [6.45, 7) is 11.8. The molecule has 0 bridgehead atoms. The molecular formula is C16H33N3O2. The van der Waals surface area contributed by atoms with Crippen molar-refractivity contribution in [2.45, 2.75) is 52.1 Å². The van der Waals surface area contributed by atoms with Gasteiger partial charge in [0.25, 0.3) is 0 Å². The molecule has 21 heavy (non-hydrogen) atoms. The maximum atomic E-state index is 12.2. The maximum Gasteiger partial charge on any atom is 0.248 e. The minimum absolute atomic E-state index is 0.120. The molecule has 1 aliphatic heterocycles. The van der Waals surface area contributed by atoms with Crippen molar-refractivity contribution in [3.8, 4) is 0 Å². The van der Waals surface area contributed by atoms with Gasteiger partial charge in [0.15, 0.2) is 0 Å². The minimum Gasteiger partial charge on any atom is -0.366 e. The molecular weight excluding hydrogens is 266 g/mol. The molecule has 1 fully saturated rings. The van der Waals surface area contributed by atoms with E-state index in [-0.39, 0.29) is 18.1 Å². The predicted octanol–water partition coefficient (Wildman–Crippen LogP) is 1.46. The summed E-state index contributed by atoms with van der Waals surface area (Å²) >= 11 is 0. The molecule has 0 aliphatic carbocycles. The van der Waals surface area contributed by atoms with E-state index >= 15 is 0 Å². The normalized spacial score (nSPS) is 17.8. The van der Waals surface area contributed by atoms with Crippen LogP contribution in [0.25, 0.3) is 0 Å². The Morgan fingerprint density at radius 2 is 1.86 bits per heavy atom. The van der Waals surface area contributed by atoms with E-state index in [0.29, 0.717) is 0 Å². The Morgan fingerprint density at radius 1 is 1.10 bits per heavy atom. The maximum absolute atomic E-state index is 12.2. The van der Waals surface area contributed by atoms with Crippen LogP contribution < -0.4 is 5.73 Å². The molecule has 1 aliphatic rings. The van der Waals surface area contributed by atoms with Gasteiger partial charge < -0.3 is 20.3 Å². The fourth-order valence-corrected chi connectivity index (χ4v) is 2.47. The van der Waals surface area contributed by atoms with Crippen molar-refractivity contribution in [1.82, 2.24) is 9.80 Å². The lowest BCUT2D eigenvalue weighted by atomic mass is 10.2. The van der Waals surface area contributed by atoms with Crippen LogP contribution in [0.15, 0.2) is 0 Å². The van der Waals surface area contributed by atoms with Gasteiger partial charge in [0.2, 0.25) is 5.91 Å². The quantitative estimate of drug-likeness (QED) is 0.723. The van der Waals surface area contributed by atoms with E-state index in [2.05, 4.69) is 4.90 Å². The Kier molecular flexibility index (Phi) is 8.22. The third-order valence-electron chi connectivity index (χ3n) is 3.75. The number of nitrogens with two attached hydrogens (primary N) is 1. The molecule has 1 rings (SSSR count). The molecule has 0 radical (unpaired) electrons. The zero-order chi connectivity index (χ0) is 15.7. The lowest BCUT2D eigenvalue weighted by Gasteiger charge is -2.24. The van der Waals surface area contributed by atoms with Gasteiger partial charge in [0.1, 0.15) is 6.61 Å². The highest BCUT2D eigenvalue weighted by Gasteiger charge is 2.20. The van der Waals surface area contributed by atoms with E-state index in [9.17, 15) is 4.79 Å². The van der Waals surface area contributed by atoms with Crippen molar-refractivity contribution in [2.75, 3.05) is 45.9 Å². The Bertz CT molecular complexity index is 302. The molecule has 0 aromatic carbocycles. The van der Waals surface area contributed by atoms with Crippen LogP contribution in [0.4, 0.5) is 0 Å². The third-order valence-corrected chi connectivity index (χ3v) is 3.75. The molecule has 1 heterocycles. The van der Waals surface area contributed by atoms with E-state index in [1.807, 2.05) is 25.7 Å². The highest BCUT2D eigenvalue weighted by atomic mass is 16.5. The van der Waals surface area contributed by atoms with Gasteiger partial charge in [-0.05, 0) is 59.7 Å². The van der Waals surface area contributed by atoms with E-state index in [1.165, 1.54) is 12.8 Å². The van der Waals surface area contributed by atoms with Crippen molar-refractivity contribution >= 4 is 5.91 Å². The van der Waals surface area contributed by atoms with Crippen LogP contribution in [-0.4, -0.2) is 67.2 Å². The number of hydrogen-bond acceptors (Lipinski definition) is 4. The molecule has 0 unspecified atom stereocenters. The number of amides is 1. The fourth-order valence-electron chi connectivity index (χ4n) is 2.47. The zero-order valence-corrected chi connectivity index (χ0v) is 14.1. The summed E-state index contributed by atoms with van der Waals surface area (Å²) in [4.78, 5) is 16.6. The van der Waals surface area contributed by atoms with Crippen molar-refractivity contribution < 1.29 is 9.53 Å². The van der Waals surface area contributed by atoms with Crippen molar-refractivity contribution in [1.29, 1.82) is 0 Å². The first kappa shape index (κ1) is 18.4. The highest BCUT2D eigenvalue weighted by molar-refractivity contribution is 5.77. The van der Waals surface area contributed by atoms with E-state index in [1.54, 1.807) is 0 Å². The number of hydrogen-bond donors (Lipinski definition) is 1. The summed E-state index contributed by atoms with van der Waals surface area (Å²) in [5.74, 6) is 0.120. The SMILES string of the molecule is CC(C)(C)OCC(=O)N1CCCN(CCCCCN)CC1. The molecule has 0 aromatic heterocycles. The van der Waals surface area contributed by atoms with E-state index in [4.69, 9.17) is 10.5 Å². The number of ether oxygens (including phenoxy) is 1. The largest absolute Gasteiger partial charge is 0.366 e. The van der Waals surface area contributed by atoms with Gasteiger partial charge in [-0.2, -0.15) is 0 Å². The van der Waals surface area contributed by atoms with Crippen LogP contribution in [-0.2, 0) is 9.53 Å². The highest BCUT2D eigenvalue weighted by Crippen LogP contribution is 2.09. The van der Waals surface area contributed by atoms with Crippen LogP contribution in [0, 0.1) is 0 Å². The first-order valence-electron chi connectivity index (χ1n) is 8.26. The molecule has 0 aromatic rings. The summed E-state index contributed by atoms with van der Waals surface area (Å²) in [6.07, 6.45) is 4.58. The smallest absolute Gasteiger partial charge is 0.248 e. The number of unbranched alkanes of at least 4 members (excludes halogenated alkanes) is 2. The average Bonchev–Trinajstić information content (AvgIpc) is 2.66. The predicted molar refractivity (Wildman–Crippen MR) is 86.2 cm³/mol. The van der Waals surface area contributed by atoms with Crippen molar-refractivity contribution in [2.24, 2.45) is 5.73 Å². The standard InChI is InChI=1S/C16H33N3O2/c1-16(2,3)21-14-15(20)19-11-7-10-18(12-13-19)9-6-4-5-8-17/h4-14,17H2,1-3H3. The van der Waals surface area contributed by atoms with Gasteiger partial charge in [0, 0.05) is 19.6 Å². The van der Waals surface area contributed by atoms with Crippen LogP contribution in [0.3, 0.4) is 0 Å². The van der Waals surface area contributed by atoms with Crippen LogP contribution in [0.5, 0.6) is 0 Å². The van der Waals surface area contributed by atoms with Crippen LogP contribution in [0.2, 0.25) is 0 Å². The second-order valence-corrected chi connectivity index (χ2v) is 6.83. The van der Waals surface area contributed by atoms with Gasteiger partial charge in [-0.25, -0.2) is 0 Å². The van der Waals surface area contributed by atoms with Crippen molar-refractivity contribution in [3.05, 3.63) is 0 Å². The summed E-state index contributed by atoms with van der Waals surface area (Å²) < 4.78 is 5.59. The molecule has 1 saturated heterocycles. The molecule has 1 amide bonds.